The lowest BCUT2D eigenvalue weighted by Gasteiger charge is -2.35. The minimum Gasteiger partial charge on any atom is -0.379 e. The molecule has 0 bridgehead atoms. The van der Waals surface area contributed by atoms with Crippen LogP contribution in [-0.4, -0.2) is 48.6 Å². The van der Waals surface area contributed by atoms with Crippen LogP contribution in [0.1, 0.15) is 22.0 Å². The minimum atomic E-state index is -0.264. The summed E-state index contributed by atoms with van der Waals surface area (Å²) in [7, 11) is 0. The molecule has 1 aromatic heterocycles. The van der Waals surface area contributed by atoms with Gasteiger partial charge in [-0.15, -0.1) is 0 Å². The highest BCUT2D eigenvalue weighted by molar-refractivity contribution is 5.93. The second-order valence-corrected chi connectivity index (χ2v) is 5.66. The van der Waals surface area contributed by atoms with Crippen LogP contribution in [0, 0.1) is 5.82 Å². The number of carbonyl (C=O) groups is 1. The van der Waals surface area contributed by atoms with Crippen LogP contribution in [0.3, 0.4) is 0 Å². The Morgan fingerprint density at radius 2 is 1.83 bits per heavy atom. The van der Waals surface area contributed by atoms with Crippen LogP contribution in [0.25, 0.3) is 0 Å². The number of hydrogen-bond donors (Lipinski definition) is 1. The van der Waals surface area contributed by atoms with Crippen molar-refractivity contribution in [3.05, 3.63) is 65.7 Å². The topological polar surface area (TPSA) is 54.5 Å². The zero-order valence-corrected chi connectivity index (χ0v) is 13.3. The Bertz CT molecular complexity index is 658. The van der Waals surface area contributed by atoms with Crippen molar-refractivity contribution in [3.63, 3.8) is 0 Å². The number of halogens is 1. The van der Waals surface area contributed by atoms with Gasteiger partial charge in [0.05, 0.1) is 19.3 Å². The number of nitrogens with one attached hydrogen (secondary N) is 1. The fraction of sp³-hybridized carbons (Fsp3) is 0.333. The average Bonchev–Trinajstić information content (AvgIpc) is 2.65. The number of morpholine rings is 1. The number of amides is 1. The second kappa shape index (κ2) is 7.99. The second-order valence-electron chi connectivity index (χ2n) is 5.66. The summed E-state index contributed by atoms with van der Waals surface area (Å²) in [5, 5.41) is 2.97. The van der Waals surface area contributed by atoms with Gasteiger partial charge in [-0.25, -0.2) is 4.39 Å². The zero-order chi connectivity index (χ0) is 16.8. The normalized spacial score (nSPS) is 16.5. The first-order valence-corrected chi connectivity index (χ1v) is 7.99. The quantitative estimate of drug-likeness (QED) is 0.912. The maximum absolute atomic E-state index is 13.2. The standard InChI is InChI=1S/C18H20FN3O2/c19-16-3-1-14(2-4-16)17(22-9-11-24-12-10-22)13-21-18(23)15-5-7-20-8-6-15/h1-8,17H,9-13H2,(H,21,23)/t17-/m1/s1. The van der Waals surface area contributed by atoms with Gasteiger partial charge in [0, 0.05) is 37.6 Å². The number of hydrogen-bond acceptors (Lipinski definition) is 4. The van der Waals surface area contributed by atoms with Gasteiger partial charge in [-0.3, -0.25) is 14.7 Å². The smallest absolute Gasteiger partial charge is 0.251 e. The summed E-state index contributed by atoms with van der Waals surface area (Å²) in [5.41, 5.74) is 1.55. The summed E-state index contributed by atoms with van der Waals surface area (Å²) in [5.74, 6) is -0.405. The molecule has 1 amide bonds. The Labute approximate surface area is 140 Å². The van der Waals surface area contributed by atoms with Crippen molar-refractivity contribution in [1.82, 2.24) is 15.2 Å². The molecule has 24 heavy (non-hydrogen) atoms. The molecule has 0 saturated carbocycles. The van der Waals surface area contributed by atoms with Crippen LogP contribution >= 0.6 is 0 Å². The maximum atomic E-state index is 13.2. The number of nitrogens with zero attached hydrogens (tertiary/aromatic N) is 2. The van der Waals surface area contributed by atoms with E-state index in [0.717, 1.165) is 18.7 Å². The molecule has 1 atom stereocenters. The predicted octanol–water partition coefficient (Wildman–Crippen LogP) is 2.02. The highest BCUT2D eigenvalue weighted by Gasteiger charge is 2.23. The molecule has 1 aromatic carbocycles. The first-order chi connectivity index (χ1) is 11.7. The van der Waals surface area contributed by atoms with Crippen molar-refractivity contribution >= 4 is 5.91 Å². The Kier molecular flexibility index (Phi) is 5.51. The molecule has 1 aliphatic heterocycles. The van der Waals surface area contributed by atoms with Gasteiger partial charge in [-0.1, -0.05) is 12.1 Å². The van der Waals surface area contributed by atoms with Gasteiger partial charge in [0.15, 0.2) is 0 Å². The molecule has 0 spiro atoms. The summed E-state index contributed by atoms with van der Waals surface area (Å²) in [6, 6.07) is 9.79. The van der Waals surface area contributed by atoms with Crippen LogP contribution in [0.15, 0.2) is 48.8 Å². The Balaban J connectivity index is 1.72. The zero-order valence-electron chi connectivity index (χ0n) is 13.3. The van der Waals surface area contributed by atoms with E-state index in [4.69, 9.17) is 4.74 Å². The molecule has 1 fully saturated rings. The van der Waals surface area contributed by atoms with Crippen LogP contribution < -0.4 is 5.32 Å². The fourth-order valence-electron chi connectivity index (χ4n) is 2.83. The monoisotopic (exact) mass is 329 g/mol. The molecular formula is C18H20FN3O2. The molecule has 1 saturated heterocycles. The van der Waals surface area contributed by atoms with Crippen LogP contribution in [-0.2, 0) is 4.74 Å². The van der Waals surface area contributed by atoms with Gasteiger partial charge in [0.1, 0.15) is 5.82 Å². The molecule has 0 radical (unpaired) electrons. The lowest BCUT2D eigenvalue weighted by molar-refractivity contribution is 0.0162. The molecule has 0 unspecified atom stereocenters. The summed E-state index contributed by atoms with van der Waals surface area (Å²) < 4.78 is 18.6. The van der Waals surface area contributed by atoms with Crippen molar-refractivity contribution < 1.29 is 13.9 Å². The van der Waals surface area contributed by atoms with E-state index in [1.165, 1.54) is 12.1 Å². The largest absolute Gasteiger partial charge is 0.379 e. The van der Waals surface area contributed by atoms with Crippen molar-refractivity contribution in [2.45, 2.75) is 6.04 Å². The third kappa shape index (κ3) is 4.15. The van der Waals surface area contributed by atoms with E-state index in [-0.39, 0.29) is 17.8 Å². The van der Waals surface area contributed by atoms with Crippen LogP contribution in [0.5, 0.6) is 0 Å². The van der Waals surface area contributed by atoms with Crippen molar-refractivity contribution in [2.75, 3.05) is 32.8 Å². The van der Waals surface area contributed by atoms with E-state index in [1.807, 2.05) is 0 Å². The number of pyridine rings is 1. The fourth-order valence-corrected chi connectivity index (χ4v) is 2.83. The molecular weight excluding hydrogens is 309 g/mol. The maximum Gasteiger partial charge on any atom is 0.251 e. The molecule has 5 nitrogen and oxygen atoms in total. The van der Waals surface area contributed by atoms with Gasteiger partial charge in [-0.05, 0) is 29.8 Å². The number of benzene rings is 1. The predicted molar refractivity (Wildman–Crippen MR) is 88.1 cm³/mol. The van der Waals surface area contributed by atoms with Crippen molar-refractivity contribution in [3.8, 4) is 0 Å². The lowest BCUT2D eigenvalue weighted by atomic mass is 10.0. The highest BCUT2D eigenvalue weighted by atomic mass is 19.1. The SMILES string of the molecule is O=C(NC[C@H](c1ccc(F)cc1)N1CCOCC1)c1ccncc1. The molecule has 0 aliphatic carbocycles. The van der Waals surface area contributed by atoms with Gasteiger partial charge in [-0.2, -0.15) is 0 Å². The van der Waals surface area contributed by atoms with E-state index in [9.17, 15) is 9.18 Å². The van der Waals surface area contributed by atoms with Gasteiger partial charge >= 0.3 is 0 Å². The van der Waals surface area contributed by atoms with Crippen LogP contribution in [0.4, 0.5) is 4.39 Å². The van der Waals surface area contributed by atoms with Gasteiger partial charge in [0.2, 0.25) is 0 Å². The van der Waals surface area contributed by atoms with E-state index >= 15 is 0 Å². The van der Waals surface area contributed by atoms with Crippen LogP contribution in [0.2, 0.25) is 0 Å². The Morgan fingerprint density at radius 3 is 2.50 bits per heavy atom. The summed E-state index contributed by atoms with van der Waals surface area (Å²) in [6.45, 7) is 3.35. The highest BCUT2D eigenvalue weighted by Crippen LogP contribution is 2.21. The molecule has 6 heteroatoms. The Hall–Kier alpha value is -2.31. The Morgan fingerprint density at radius 1 is 1.17 bits per heavy atom. The first-order valence-electron chi connectivity index (χ1n) is 7.99. The molecule has 1 N–H and O–H groups in total. The van der Waals surface area contributed by atoms with E-state index in [1.54, 1.807) is 36.7 Å². The van der Waals surface area contributed by atoms with Gasteiger partial charge < -0.3 is 10.1 Å². The number of rotatable bonds is 5. The number of ether oxygens (including phenoxy) is 1. The lowest BCUT2D eigenvalue weighted by Crippen LogP contribution is -2.43. The van der Waals surface area contributed by atoms with E-state index < -0.39 is 0 Å². The average molecular weight is 329 g/mol. The molecule has 3 rings (SSSR count). The first kappa shape index (κ1) is 16.5. The summed E-state index contributed by atoms with van der Waals surface area (Å²) in [4.78, 5) is 18.4. The molecule has 2 aromatic rings. The van der Waals surface area contributed by atoms with Crippen molar-refractivity contribution in [2.24, 2.45) is 0 Å². The summed E-state index contributed by atoms with van der Waals surface area (Å²) in [6.07, 6.45) is 3.18. The van der Waals surface area contributed by atoms with E-state index in [2.05, 4.69) is 15.2 Å². The number of carbonyl (C=O) groups excluding carboxylic acids is 1. The number of aromatic nitrogens is 1. The molecule has 1 aliphatic rings. The molecule has 126 valence electrons. The molecule has 2 heterocycles. The third-order valence-corrected chi connectivity index (χ3v) is 4.14. The third-order valence-electron chi connectivity index (χ3n) is 4.14. The van der Waals surface area contributed by atoms with Crippen molar-refractivity contribution in [1.29, 1.82) is 0 Å². The van der Waals surface area contributed by atoms with E-state index in [0.29, 0.717) is 25.3 Å². The van der Waals surface area contributed by atoms with Gasteiger partial charge in [0.25, 0.3) is 5.91 Å². The summed E-state index contributed by atoms with van der Waals surface area (Å²) >= 11 is 0. The minimum absolute atomic E-state index is 0.0136.